The van der Waals surface area contributed by atoms with Crippen molar-refractivity contribution >= 4 is 5.91 Å². The minimum absolute atomic E-state index is 0.199. The number of rotatable bonds is 2. The van der Waals surface area contributed by atoms with E-state index in [4.69, 9.17) is 5.73 Å². The quantitative estimate of drug-likeness (QED) is 0.800. The number of hydrogen-bond acceptors (Lipinski definition) is 3. The van der Waals surface area contributed by atoms with Crippen molar-refractivity contribution in [3.63, 3.8) is 0 Å². The van der Waals surface area contributed by atoms with Crippen molar-refractivity contribution in [2.75, 3.05) is 27.2 Å². The number of hydrogen-bond donors (Lipinski definition) is 1. The highest BCUT2D eigenvalue weighted by Gasteiger charge is 2.31. The van der Waals surface area contributed by atoms with Crippen molar-refractivity contribution in [1.82, 2.24) is 9.80 Å². The molecule has 1 amide bonds. The lowest BCUT2D eigenvalue weighted by atomic mass is 9.85. The smallest absolute Gasteiger partial charge is 0.225 e. The van der Waals surface area contributed by atoms with E-state index in [0.717, 1.165) is 51.6 Å². The summed E-state index contributed by atoms with van der Waals surface area (Å²) >= 11 is 0. The van der Waals surface area contributed by atoms with E-state index in [0.29, 0.717) is 11.9 Å². The Hall–Kier alpha value is -0.610. The van der Waals surface area contributed by atoms with Crippen LogP contribution in [0.4, 0.5) is 0 Å². The zero-order chi connectivity index (χ0) is 13.1. The van der Waals surface area contributed by atoms with Crippen molar-refractivity contribution in [2.24, 2.45) is 11.7 Å². The number of carbonyl (C=O) groups excluding carboxylic acids is 1. The molecule has 0 aromatic carbocycles. The van der Waals surface area contributed by atoms with Gasteiger partial charge in [-0.1, -0.05) is 6.42 Å². The molecule has 0 aromatic rings. The number of nitrogens with two attached hydrogens (primary N) is 1. The van der Waals surface area contributed by atoms with Crippen LogP contribution in [0.25, 0.3) is 0 Å². The highest BCUT2D eigenvalue weighted by atomic mass is 16.2. The summed E-state index contributed by atoms with van der Waals surface area (Å²) in [7, 11) is 4.25. The SMILES string of the molecule is CN(C)C1CCN(C(=O)C2CCCC(N)C2)CC1. The Morgan fingerprint density at radius 3 is 2.39 bits per heavy atom. The molecule has 0 aromatic heterocycles. The molecule has 4 heteroatoms. The first-order valence-electron chi connectivity index (χ1n) is 7.28. The Morgan fingerprint density at radius 2 is 1.83 bits per heavy atom. The number of amides is 1. The normalized spacial score (nSPS) is 30.8. The first-order chi connectivity index (χ1) is 8.58. The van der Waals surface area contributed by atoms with Gasteiger partial charge in [0.15, 0.2) is 0 Å². The van der Waals surface area contributed by atoms with Crippen molar-refractivity contribution in [3.05, 3.63) is 0 Å². The molecule has 1 saturated heterocycles. The molecule has 2 fully saturated rings. The minimum Gasteiger partial charge on any atom is -0.342 e. The molecule has 0 bridgehead atoms. The summed E-state index contributed by atoms with van der Waals surface area (Å²) in [6.07, 6.45) is 6.36. The van der Waals surface area contributed by atoms with Gasteiger partial charge in [0.1, 0.15) is 0 Å². The second kappa shape index (κ2) is 6.02. The fraction of sp³-hybridized carbons (Fsp3) is 0.929. The van der Waals surface area contributed by atoms with Crippen LogP contribution in [0.3, 0.4) is 0 Å². The van der Waals surface area contributed by atoms with E-state index in [1.165, 1.54) is 0 Å². The van der Waals surface area contributed by atoms with Crippen LogP contribution in [0.5, 0.6) is 0 Å². The van der Waals surface area contributed by atoms with Crippen LogP contribution in [0, 0.1) is 5.92 Å². The minimum atomic E-state index is 0.199. The fourth-order valence-electron chi connectivity index (χ4n) is 3.31. The second-order valence-electron chi connectivity index (χ2n) is 6.14. The molecule has 104 valence electrons. The summed E-state index contributed by atoms with van der Waals surface area (Å²) in [5, 5.41) is 0. The van der Waals surface area contributed by atoms with Gasteiger partial charge in [-0.05, 0) is 46.2 Å². The third-order valence-corrected chi connectivity index (χ3v) is 4.57. The highest BCUT2D eigenvalue weighted by Crippen LogP contribution is 2.26. The average molecular weight is 253 g/mol. The van der Waals surface area contributed by atoms with Crippen LogP contribution in [-0.2, 0) is 4.79 Å². The first-order valence-corrected chi connectivity index (χ1v) is 7.28. The van der Waals surface area contributed by atoms with E-state index >= 15 is 0 Å². The summed E-state index contributed by atoms with van der Waals surface area (Å²) < 4.78 is 0. The standard InChI is InChI=1S/C14H27N3O/c1-16(2)13-6-8-17(9-7-13)14(18)11-4-3-5-12(15)10-11/h11-13H,3-10,15H2,1-2H3. The zero-order valence-electron chi connectivity index (χ0n) is 11.8. The van der Waals surface area contributed by atoms with Crippen LogP contribution in [0.1, 0.15) is 38.5 Å². The summed E-state index contributed by atoms with van der Waals surface area (Å²) in [5.74, 6) is 0.562. The van der Waals surface area contributed by atoms with Gasteiger partial charge < -0.3 is 15.5 Å². The number of carbonyl (C=O) groups is 1. The van der Waals surface area contributed by atoms with Crippen LogP contribution in [0.2, 0.25) is 0 Å². The van der Waals surface area contributed by atoms with Gasteiger partial charge in [-0.15, -0.1) is 0 Å². The van der Waals surface area contributed by atoms with Crippen molar-refractivity contribution < 1.29 is 4.79 Å². The Kier molecular flexibility index (Phi) is 4.62. The Balaban J connectivity index is 1.83. The Morgan fingerprint density at radius 1 is 1.17 bits per heavy atom. The molecule has 2 unspecified atom stereocenters. The Bertz CT molecular complexity index is 285. The maximum absolute atomic E-state index is 12.4. The van der Waals surface area contributed by atoms with Gasteiger partial charge in [0, 0.05) is 31.1 Å². The lowest BCUT2D eigenvalue weighted by Gasteiger charge is -2.38. The van der Waals surface area contributed by atoms with Crippen LogP contribution in [-0.4, -0.2) is 55.0 Å². The molecule has 2 aliphatic rings. The van der Waals surface area contributed by atoms with Gasteiger partial charge in [0.2, 0.25) is 5.91 Å². The molecule has 2 N–H and O–H groups in total. The molecule has 1 heterocycles. The van der Waals surface area contributed by atoms with Gasteiger partial charge in [-0.3, -0.25) is 4.79 Å². The molecule has 18 heavy (non-hydrogen) atoms. The average Bonchev–Trinajstić information content (AvgIpc) is 2.38. The highest BCUT2D eigenvalue weighted by molar-refractivity contribution is 5.79. The van der Waals surface area contributed by atoms with Crippen molar-refractivity contribution in [1.29, 1.82) is 0 Å². The van der Waals surface area contributed by atoms with E-state index in [-0.39, 0.29) is 12.0 Å². The molecule has 2 rings (SSSR count). The summed E-state index contributed by atoms with van der Waals surface area (Å²) in [4.78, 5) is 16.8. The fourth-order valence-corrected chi connectivity index (χ4v) is 3.31. The van der Waals surface area contributed by atoms with Crippen molar-refractivity contribution in [3.8, 4) is 0 Å². The summed E-state index contributed by atoms with van der Waals surface area (Å²) in [6, 6.07) is 0.884. The van der Waals surface area contributed by atoms with Crippen molar-refractivity contribution in [2.45, 2.75) is 50.6 Å². The zero-order valence-corrected chi connectivity index (χ0v) is 11.8. The van der Waals surface area contributed by atoms with E-state index in [9.17, 15) is 4.79 Å². The maximum atomic E-state index is 12.4. The first kappa shape index (κ1) is 13.8. The molecular formula is C14H27N3O. The molecule has 0 radical (unpaired) electrons. The number of piperidine rings is 1. The maximum Gasteiger partial charge on any atom is 0.225 e. The van der Waals surface area contributed by atoms with E-state index < -0.39 is 0 Å². The van der Waals surface area contributed by atoms with E-state index in [1.807, 2.05) is 0 Å². The van der Waals surface area contributed by atoms with Crippen LogP contribution in [0.15, 0.2) is 0 Å². The molecule has 0 spiro atoms. The lowest BCUT2D eigenvalue weighted by Crippen LogP contribution is -2.47. The molecule has 4 nitrogen and oxygen atoms in total. The molecular weight excluding hydrogens is 226 g/mol. The van der Waals surface area contributed by atoms with Crippen LogP contribution < -0.4 is 5.73 Å². The predicted molar refractivity (Wildman–Crippen MR) is 73.2 cm³/mol. The summed E-state index contributed by atoms with van der Waals surface area (Å²) in [5.41, 5.74) is 5.98. The monoisotopic (exact) mass is 253 g/mol. The topological polar surface area (TPSA) is 49.6 Å². The van der Waals surface area contributed by atoms with E-state index in [2.05, 4.69) is 23.9 Å². The molecule has 1 aliphatic heterocycles. The number of likely N-dealkylation sites (tertiary alicyclic amines) is 1. The number of nitrogens with zero attached hydrogens (tertiary/aromatic N) is 2. The van der Waals surface area contributed by atoms with Gasteiger partial charge in [-0.2, -0.15) is 0 Å². The third kappa shape index (κ3) is 3.23. The molecule has 1 aliphatic carbocycles. The Labute approximate surface area is 110 Å². The van der Waals surface area contributed by atoms with Crippen LogP contribution >= 0.6 is 0 Å². The third-order valence-electron chi connectivity index (χ3n) is 4.57. The lowest BCUT2D eigenvalue weighted by molar-refractivity contribution is -0.138. The van der Waals surface area contributed by atoms with Gasteiger partial charge in [-0.25, -0.2) is 0 Å². The predicted octanol–water partition coefficient (Wildman–Crippen LogP) is 1.06. The van der Waals surface area contributed by atoms with Gasteiger partial charge in [0.05, 0.1) is 0 Å². The second-order valence-corrected chi connectivity index (χ2v) is 6.14. The molecule has 2 atom stereocenters. The summed E-state index contributed by atoms with van der Waals surface area (Å²) in [6.45, 7) is 1.85. The van der Waals surface area contributed by atoms with Gasteiger partial charge in [0.25, 0.3) is 0 Å². The van der Waals surface area contributed by atoms with Gasteiger partial charge >= 0.3 is 0 Å². The largest absolute Gasteiger partial charge is 0.342 e. The molecule has 1 saturated carbocycles. The van der Waals surface area contributed by atoms with E-state index in [1.54, 1.807) is 0 Å².